The number of pyridine rings is 1. The third-order valence-electron chi connectivity index (χ3n) is 7.73. The predicted molar refractivity (Wildman–Crippen MR) is 140 cm³/mol. The summed E-state index contributed by atoms with van der Waals surface area (Å²) >= 11 is 0.960. The molecular weight excluding hydrogens is 494 g/mol. The minimum Gasteiger partial charge on any atom is -0.389 e. The smallest absolute Gasteiger partial charge is 0.226 e. The van der Waals surface area contributed by atoms with Crippen molar-refractivity contribution in [1.29, 1.82) is 5.26 Å². The van der Waals surface area contributed by atoms with Crippen molar-refractivity contribution in [2.75, 3.05) is 17.2 Å². The van der Waals surface area contributed by atoms with E-state index >= 15 is 4.39 Å². The molecular formula is C27H26F2N6OS. The monoisotopic (exact) mass is 520 g/mol. The molecule has 3 aromatic heterocycles. The molecule has 190 valence electrons. The summed E-state index contributed by atoms with van der Waals surface area (Å²) in [6, 6.07) is 2.36. The van der Waals surface area contributed by atoms with Gasteiger partial charge in [0.2, 0.25) is 5.95 Å². The van der Waals surface area contributed by atoms with Gasteiger partial charge in [-0.1, -0.05) is 27.2 Å². The number of halogens is 2. The largest absolute Gasteiger partial charge is 0.389 e. The molecule has 2 atom stereocenters. The summed E-state index contributed by atoms with van der Waals surface area (Å²) in [5, 5.41) is 10.7. The minimum absolute atomic E-state index is 0.0975. The van der Waals surface area contributed by atoms with Crippen LogP contribution in [0.5, 0.6) is 0 Å². The number of nitriles is 1. The number of thiophene rings is 1. The third kappa shape index (κ3) is 3.48. The molecule has 6 rings (SSSR count). The van der Waals surface area contributed by atoms with Gasteiger partial charge in [0.05, 0.1) is 35.4 Å². The first-order chi connectivity index (χ1) is 17.8. The number of hydrogen-bond donors (Lipinski definition) is 1. The van der Waals surface area contributed by atoms with Gasteiger partial charge in [-0.05, 0) is 29.4 Å². The molecule has 2 aliphatic heterocycles. The average Bonchev–Trinajstić information content (AvgIpc) is 3.48. The lowest BCUT2D eigenvalue weighted by atomic mass is 9.78. The van der Waals surface area contributed by atoms with Crippen molar-refractivity contribution in [1.82, 2.24) is 15.0 Å². The quantitative estimate of drug-likeness (QED) is 0.348. The summed E-state index contributed by atoms with van der Waals surface area (Å²) in [7, 11) is 0. The van der Waals surface area contributed by atoms with Crippen LogP contribution < -0.4 is 10.6 Å². The number of aromatic nitrogens is 3. The van der Waals surface area contributed by atoms with E-state index in [-0.39, 0.29) is 50.6 Å². The van der Waals surface area contributed by atoms with E-state index < -0.39 is 11.6 Å². The number of nitrogens with two attached hydrogens (primary N) is 1. The Kier molecular flexibility index (Phi) is 5.73. The Labute approximate surface area is 216 Å². The second-order valence-corrected chi connectivity index (χ2v) is 11.2. The van der Waals surface area contributed by atoms with E-state index in [9.17, 15) is 9.65 Å². The first-order valence-electron chi connectivity index (χ1n) is 12.5. The molecule has 0 bridgehead atoms. The highest BCUT2D eigenvalue weighted by molar-refractivity contribution is 7.23. The standard InChI is InChI=1S/C27H26F2N6OS/c1-4-5-19-15(12(2)3)9-35(19)27-33-7-14-16-10-36-11-17(16)20(22(29)23(14)34-27)24-21-13(6-30)26(31)37-25(21)18(28)8-32-24/h7-8,12,15,19H,4-5,9-11,31H2,1-3H3. The lowest BCUT2D eigenvalue weighted by Crippen LogP contribution is -2.58. The SMILES string of the molecule is CCCC1C(C(C)C)CN1c1ncc2c3c(c(-c4ncc(F)c5sc(N)c(C#N)c45)c(F)c2n1)COC3. The van der Waals surface area contributed by atoms with Gasteiger partial charge in [0.25, 0.3) is 0 Å². The van der Waals surface area contributed by atoms with Crippen molar-refractivity contribution in [3.8, 4) is 17.3 Å². The molecule has 2 N–H and O–H groups in total. The van der Waals surface area contributed by atoms with Gasteiger partial charge >= 0.3 is 0 Å². The van der Waals surface area contributed by atoms with Crippen LogP contribution in [0.25, 0.3) is 32.2 Å². The van der Waals surface area contributed by atoms with Gasteiger partial charge in [0.1, 0.15) is 16.6 Å². The summed E-state index contributed by atoms with van der Waals surface area (Å²) < 4.78 is 37.0. The average molecular weight is 521 g/mol. The van der Waals surface area contributed by atoms with Gasteiger partial charge in [0, 0.05) is 35.1 Å². The Bertz CT molecular complexity index is 1610. The van der Waals surface area contributed by atoms with Crippen LogP contribution in [0.4, 0.5) is 19.7 Å². The topological polar surface area (TPSA) is 101 Å². The predicted octanol–water partition coefficient (Wildman–Crippen LogP) is 5.93. The molecule has 4 aromatic rings. The summed E-state index contributed by atoms with van der Waals surface area (Å²) in [6.45, 7) is 7.89. The number of nitrogens with zero attached hydrogens (tertiary/aromatic N) is 5. The summed E-state index contributed by atoms with van der Waals surface area (Å²) in [5.41, 5.74) is 8.05. The van der Waals surface area contributed by atoms with E-state index in [0.29, 0.717) is 34.8 Å². The van der Waals surface area contributed by atoms with Gasteiger partial charge in [-0.3, -0.25) is 4.98 Å². The Balaban J connectivity index is 1.58. The zero-order chi connectivity index (χ0) is 26.0. The zero-order valence-corrected chi connectivity index (χ0v) is 21.6. The molecule has 1 saturated heterocycles. The second-order valence-electron chi connectivity index (χ2n) is 10.1. The van der Waals surface area contributed by atoms with Crippen LogP contribution in [0.2, 0.25) is 0 Å². The Hall–Kier alpha value is -3.42. The van der Waals surface area contributed by atoms with Crippen LogP contribution in [0.15, 0.2) is 12.4 Å². The van der Waals surface area contributed by atoms with Gasteiger partial charge in [-0.25, -0.2) is 18.7 Å². The molecule has 2 aliphatic rings. The van der Waals surface area contributed by atoms with Crippen LogP contribution in [0, 0.1) is 34.8 Å². The fourth-order valence-corrected chi connectivity index (χ4v) is 6.73. The van der Waals surface area contributed by atoms with E-state index in [0.717, 1.165) is 42.5 Å². The number of hydrogen-bond acceptors (Lipinski definition) is 8. The van der Waals surface area contributed by atoms with Gasteiger partial charge in [0.15, 0.2) is 11.6 Å². The van der Waals surface area contributed by atoms with E-state index in [4.69, 9.17) is 15.5 Å². The molecule has 37 heavy (non-hydrogen) atoms. The fourth-order valence-electron chi connectivity index (χ4n) is 5.81. The van der Waals surface area contributed by atoms with E-state index in [1.165, 1.54) is 0 Å². The number of anilines is 2. The van der Waals surface area contributed by atoms with Gasteiger partial charge < -0.3 is 15.4 Å². The molecule has 0 aliphatic carbocycles. The number of ether oxygens (including phenoxy) is 1. The van der Waals surface area contributed by atoms with E-state index in [2.05, 4.69) is 35.6 Å². The first-order valence-corrected chi connectivity index (χ1v) is 13.3. The molecule has 0 amide bonds. The summed E-state index contributed by atoms with van der Waals surface area (Å²) in [6.07, 6.45) is 4.79. The molecule has 7 nitrogen and oxygen atoms in total. The molecule has 0 radical (unpaired) electrons. The first kappa shape index (κ1) is 23.9. The number of nitrogen functional groups attached to an aromatic ring is 1. The van der Waals surface area contributed by atoms with Crippen molar-refractivity contribution < 1.29 is 13.5 Å². The normalized spacial score (nSPS) is 19.0. The summed E-state index contributed by atoms with van der Waals surface area (Å²) in [4.78, 5) is 15.8. The Morgan fingerprint density at radius 1 is 1.24 bits per heavy atom. The Morgan fingerprint density at radius 3 is 2.76 bits per heavy atom. The minimum atomic E-state index is -0.602. The van der Waals surface area contributed by atoms with Crippen LogP contribution in [-0.2, 0) is 18.0 Å². The van der Waals surface area contributed by atoms with Crippen LogP contribution in [0.3, 0.4) is 0 Å². The highest BCUT2D eigenvalue weighted by Gasteiger charge is 2.41. The molecule has 5 heterocycles. The van der Waals surface area contributed by atoms with Gasteiger partial charge in [-0.2, -0.15) is 5.26 Å². The van der Waals surface area contributed by atoms with Crippen LogP contribution in [-0.4, -0.2) is 27.5 Å². The van der Waals surface area contributed by atoms with Crippen molar-refractivity contribution in [3.63, 3.8) is 0 Å². The molecule has 2 unspecified atom stereocenters. The van der Waals surface area contributed by atoms with Crippen molar-refractivity contribution >= 4 is 43.3 Å². The molecule has 0 spiro atoms. The highest BCUT2D eigenvalue weighted by atomic mass is 32.1. The van der Waals surface area contributed by atoms with E-state index in [1.807, 2.05) is 6.07 Å². The molecule has 10 heteroatoms. The highest BCUT2D eigenvalue weighted by Crippen LogP contribution is 2.45. The number of benzene rings is 1. The van der Waals surface area contributed by atoms with Crippen LogP contribution in [0.1, 0.15) is 50.3 Å². The Morgan fingerprint density at radius 2 is 2.03 bits per heavy atom. The maximum atomic E-state index is 16.5. The zero-order valence-electron chi connectivity index (χ0n) is 20.8. The third-order valence-corrected chi connectivity index (χ3v) is 8.76. The lowest BCUT2D eigenvalue weighted by Gasteiger charge is -2.50. The second kappa shape index (κ2) is 8.85. The van der Waals surface area contributed by atoms with Gasteiger partial charge in [-0.15, -0.1) is 11.3 Å². The van der Waals surface area contributed by atoms with Crippen LogP contribution >= 0.6 is 11.3 Å². The summed E-state index contributed by atoms with van der Waals surface area (Å²) in [5.74, 6) is 0.399. The molecule has 0 saturated carbocycles. The number of fused-ring (bicyclic) bond motifs is 4. The van der Waals surface area contributed by atoms with Crippen molar-refractivity contribution in [2.24, 2.45) is 11.8 Å². The number of rotatable bonds is 5. The van der Waals surface area contributed by atoms with Crippen molar-refractivity contribution in [3.05, 3.63) is 40.7 Å². The van der Waals surface area contributed by atoms with Crippen molar-refractivity contribution in [2.45, 2.75) is 52.9 Å². The maximum Gasteiger partial charge on any atom is 0.226 e. The fraction of sp³-hybridized carbons (Fsp3) is 0.407. The van der Waals surface area contributed by atoms with E-state index in [1.54, 1.807) is 6.20 Å². The molecule has 1 aromatic carbocycles. The maximum absolute atomic E-state index is 16.5. The lowest BCUT2D eigenvalue weighted by molar-refractivity contribution is 0.135. The molecule has 1 fully saturated rings.